The average molecular weight is 357 g/mol. The van der Waals surface area contributed by atoms with E-state index in [2.05, 4.69) is 10.5 Å². The summed E-state index contributed by atoms with van der Waals surface area (Å²) in [5.74, 6) is 0.289. The predicted octanol–water partition coefficient (Wildman–Crippen LogP) is 4.54. The molecule has 5 heteroatoms. The minimum absolute atomic E-state index is 0.111. The van der Waals surface area contributed by atoms with Crippen LogP contribution in [-0.2, 0) is 4.79 Å². The highest BCUT2D eigenvalue weighted by Gasteiger charge is 2.06. The summed E-state index contributed by atoms with van der Waals surface area (Å²) in [7, 11) is 0. The highest BCUT2D eigenvalue weighted by molar-refractivity contribution is 6.32. The number of hydrogen-bond donors (Lipinski definition) is 1. The number of hydrazone groups is 1. The first-order valence-corrected chi connectivity index (χ1v) is 8.29. The quantitative estimate of drug-likeness (QED) is 0.610. The number of halogens is 1. The lowest BCUT2D eigenvalue weighted by molar-refractivity contribution is -0.123. The molecule has 0 saturated carbocycles. The molecule has 0 aliphatic heterocycles. The molecule has 0 aliphatic rings. The molecule has 25 heavy (non-hydrogen) atoms. The van der Waals surface area contributed by atoms with E-state index in [1.54, 1.807) is 12.1 Å². The maximum Gasteiger partial charge on any atom is 0.277 e. The summed E-state index contributed by atoms with van der Waals surface area (Å²) in [5, 5.41) is 4.74. The third-order valence-electron chi connectivity index (χ3n) is 3.45. The predicted molar refractivity (Wildman–Crippen MR) is 103 cm³/mol. The Hall–Kier alpha value is -2.59. The summed E-state index contributed by atoms with van der Waals surface area (Å²) < 4.78 is 5.49. The maximum absolute atomic E-state index is 11.8. The van der Waals surface area contributed by atoms with Crippen LogP contribution in [0, 0.1) is 13.8 Å². The first-order valence-electron chi connectivity index (χ1n) is 7.91. The van der Waals surface area contributed by atoms with Crippen LogP contribution in [-0.4, -0.2) is 18.2 Å². The Morgan fingerprint density at radius 3 is 2.48 bits per heavy atom. The molecule has 0 heterocycles. The number of amides is 1. The number of carbonyl (C=O) groups excluding carboxylic acids is 1. The third kappa shape index (κ3) is 6.08. The van der Waals surface area contributed by atoms with Crippen molar-refractivity contribution in [3.05, 3.63) is 70.3 Å². The van der Waals surface area contributed by atoms with Gasteiger partial charge >= 0.3 is 0 Å². The number of allylic oxidation sites excluding steroid dienone is 1. The van der Waals surface area contributed by atoms with Gasteiger partial charge < -0.3 is 4.74 Å². The van der Waals surface area contributed by atoms with Crippen LogP contribution in [0.25, 0.3) is 6.08 Å². The van der Waals surface area contributed by atoms with E-state index in [9.17, 15) is 4.79 Å². The molecule has 0 bridgehead atoms. The molecule has 0 spiro atoms. The third-order valence-corrected chi connectivity index (χ3v) is 4.05. The normalized spacial score (nSPS) is 11.6. The summed E-state index contributed by atoms with van der Waals surface area (Å²) in [6, 6.07) is 13.5. The van der Waals surface area contributed by atoms with Crippen molar-refractivity contribution >= 4 is 29.3 Å². The van der Waals surface area contributed by atoms with Crippen LogP contribution in [0.5, 0.6) is 5.75 Å². The molecule has 2 rings (SSSR count). The first-order chi connectivity index (χ1) is 12.0. The molecule has 0 unspecified atom stereocenters. The molecule has 0 radical (unpaired) electrons. The Morgan fingerprint density at radius 1 is 1.20 bits per heavy atom. The fourth-order valence-electron chi connectivity index (χ4n) is 2.14. The van der Waals surface area contributed by atoms with Gasteiger partial charge in [-0.2, -0.15) is 5.10 Å². The zero-order valence-electron chi connectivity index (χ0n) is 14.5. The van der Waals surface area contributed by atoms with E-state index in [-0.39, 0.29) is 12.5 Å². The van der Waals surface area contributed by atoms with Gasteiger partial charge in [-0.15, -0.1) is 0 Å². The van der Waals surface area contributed by atoms with Crippen molar-refractivity contribution in [3.63, 3.8) is 0 Å². The molecule has 1 amide bonds. The van der Waals surface area contributed by atoms with E-state index in [0.29, 0.717) is 16.5 Å². The van der Waals surface area contributed by atoms with Crippen LogP contribution >= 0.6 is 11.6 Å². The molecule has 4 nitrogen and oxygen atoms in total. The lowest BCUT2D eigenvalue weighted by Gasteiger charge is -2.09. The van der Waals surface area contributed by atoms with E-state index in [0.717, 1.165) is 16.7 Å². The SMILES string of the molecule is CC(C=Cc1ccccc1)=NNC(=O)COc1cc(C)c(Cl)c(C)c1. The second-order valence-corrected chi connectivity index (χ2v) is 6.07. The Labute approximate surface area is 153 Å². The number of hydrogen-bond acceptors (Lipinski definition) is 3. The van der Waals surface area contributed by atoms with Crippen molar-refractivity contribution in [2.75, 3.05) is 6.61 Å². The van der Waals surface area contributed by atoms with Crippen LogP contribution in [0.3, 0.4) is 0 Å². The Kier molecular flexibility index (Phi) is 6.78. The van der Waals surface area contributed by atoms with Gasteiger partial charge in [0.1, 0.15) is 5.75 Å². The van der Waals surface area contributed by atoms with Crippen LogP contribution < -0.4 is 10.2 Å². The molecule has 0 fully saturated rings. The minimum Gasteiger partial charge on any atom is -0.484 e. The van der Waals surface area contributed by atoms with Crippen molar-refractivity contribution in [1.29, 1.82) is 0 Å². The van der Waals surface area contributed by atoms with Gasteiger partial charge in [-0.1, -0.05) is 48.0 Å². The topological polar surface area (TPSA) is 50.7 Å². The summed E-state index contributed by atoms with van der Waals surface area (Å²) in [5.41, 5.74) is 6.06. The van der Waals surface area contributed by atoms with E-state index in [4.69, 9.17) is 16.3 Å². The highest BCUT2D eigenvalue weighted by Crippen LogP contribution is 2.25. The van der Waals surface area contributed by atoms with Gasteiger partial charge in [0.25, 0.3) is 5.91 Å². The summed E-state index contributed by atoms with van der Waals surface area (Å²) >= 11 is 6.11. The smallest absolute Gasteiger partial charge is 0.277 e. The number of aryl methyl sites for hydroxylation is 2. The van der Waals surface area contributed by atoms with E-state index in [1.165, 1.54) is 0 Å². The van der Waals surface area contributed by atoms with Crippen LogP contribution in [0.15, 0.2) is 53.6 Å². The molecule has 2 aromatic carbocycles. The zero-order chi connectivity index (χ0) is 18.2. The summed E-state index contributed by atoms with van der Waals surface area (Å²) in [6.07, 6.45) is 3.77. The van der Waals surface area contributed by atoms with Crippen LogP contribution in [0.2, 0.25) is 5.02 Å². The lowest BCUT2D eigenvalue weighted by atomic mass is 10.1. The first kappa shape index (κ1) is 18.7. The largest absolute Gasteiger partial charge is 0.484 e. The number of carbonyl (C=O) groups is 1. The standard InChI is InChI=1S/C20H21ClN2O2/c1-14-11-18(12-15(2)20(14)21)25-13-19(24)23-22-16(3)9-10-17-7-5-4-6-8-17/h4-12H,13H2,1-3H3,(H,23,24). The molecular formula is C20H21ClN2O2. The van der Waals surface area contributed by atoms with Crippen molar-refractivity contribution < 1.29 is 9.53 Å². The fourth-order valence-corrected chi connectivity index (χ4v) is 2.25. The zero-order valence-corrected chi connectivity index (χ0v) is 15.3. The molecule has 130 valence electrons. The van der Waals surface area contributed by atoms with Gasteiger partial charge in [-0.3, -0.25) is 4.79 Å². The van der Waals surface area contributed by atoms with E-state index < -0.39 is 0 Å². The highest BCUT2D eigenvalue weighted by atomic mass is 35.5. The maximum atomic E-state index is 11.8. The number of benzene rings is 2. The van der Waals surface area contributed by atoms with Crippen LogP contribution in [0.1, 0.15) is 23.6 Å². The van der Waals surface area contributed by atoms with Crippen molar-refractivity contribution in [3.8, 4) is 5.75 Å². The molecule has 1 N–H and O–H groups in total. The van der Waals surface area contributed by atoms with Gasteiger partial charge in [-0.25, -0.2) is 5.43 Å². The minimum atomic E-state index is -0.322. The van der Waals surface area contributed by atoms with Crippen molar-refractivity contribution in [1.82, 2.24) is 5.43 Å². The second-order valence-electron chi connectivity index (χ2n) is 5.69. The molecular weight excluding hydrogens is 336 g/mol. The molecule has 0 saturated heterocycles. The Balaban J connectivity index is 1.85. The molecule has 2 aromatic rings. The fraction of sp³-hybridized carbons (Fsp3) is 0.200. The number of ether oxygens (including phenoxy) is 1. The molecule has 0 aromatic heterocycles. The summed E-state index contributed by atoms with van der Waals surface area (Å²) in [4.78, 5) is 11.8. The van der Waals surface area contributed by atoms with Gasteiger partial charge in [-0.05, 0) is 55.7 Å². The second kappa shape index (κ2) is 9.04. The molecule has 0 atom stereocenters. The van der Waals surface area contributed by atoms with Gasteiger partial charge in [0, 0.05) is 5.02 Å². The number of nitrogens with zero attached hydrogens (tertiary/aromatic N) is 1. The van der Waals surface area contributed by atoms with Gasteiger partial charge in [0.15, 0.2) is 6.61 Å². The van der Waals surface area contributed by atoms with Crippen molar-refractivity contribution in [2.45, 2.75) is 20.8 Å². The monoisotopic (exact) mass is 356 g/mol. The van der Waals surface area contributed by atoms with Gasteiger partial charge in [0.2, 0.25) is 0 Å². The lowest BCUT2D eigenvalue weighted by Crippen LogP contribution is -2.25. The van der Waals surface area contributed by atoms with Crippen molar-refractivity contribution in [2.24, 2.45) is 5.10 Å². The van der Waals surface area contributed by atoms with E-state index in [1.807, 2.05) is 63.3 Å². The Bertz CT molecular complexity index is 776. The van der Waals surface area contributed by atoms with Crippen LogP contribution in [0.4, 0.5) is 0 Å². The number of nitrogens with one attached hydrogen (secondary N) is 1. The Morgan fingerprint density at radius 2 is 1.84 bits per heavy atom. The number of rotatable bonds is 6. The van der Waals surface area contributed by atoms with E-state index >= 15 is 0 Å². The average Bonchev–Trinajstić information content (AvgIpc) is 2.61. The molecule has 0 aliphatic carbocycles. The van der Waals surface area contributed by atoms with Gasteiger partial charge in [0.05, 0.1) is 5.71 Å². The summed E-state index contributed by atoms with van der Waals surface area (Å²) in [6.45, 7) is 5.50.